The Labute approximate surface area is 99.8 Å². The van der Waals surface area contributed by atoms with Gasteiger partial charge in [-0.05, 0) is 43.9 Å². The number of aliphatic hydroxyl groups excluding tert-OH is 1. The van der Waals surface area contributed by atoms with E-state index in [-0.39, 0.29) is 5.41 Å². The highest BCUT2D eigenvalue weighted by Crippen LogP contribution is 2.44. The van der Waals surface area contributed by atoms with Crippen molar-refractivity contribution >= 4 is 0 Å². The molecule has 2 fully saturated rings. The predicted octanol–water partition coefficient (Wildman–Crippen LogP) is 2.56. The molecular weight excluding hydrogens is 198 g/mol. The highest BCUT2D eigenvalue weighted by atomic mass is 16.3. The van der Waals surface area contributed by atoms with Gasteiger partial charge in [0, 0.05) is 24.6 Å². The summed E-state index contributed by atoms with van der Waals surface area (Å²) in [6.07, 6.45) is 7.84. The second-order valence-electron chi connectivity index (χ2n) is 6.23. The van der Waals surface area contributed by atoms with Gasteiger partial charge < -0.3 is 10.4 Å². The minimum Gasteiger partial charge on any atom is -0.396 e. The first-order valence-electron chi connectivity index (χ1n) is 7.03. The summed E-state index contributed by atoms with van der Waals surface area (Å²) in [6, 6.07) is 0.713. The summed E-state index contributed by atoms with van der Waals surface area (Å²) in [5.74, 6) is 1.77. The Balaban J connectivity index is 1.79. The fourth-order valence-electron chi connectivity index (χ4n) is 3.13. The fraction of sp³-hybridized carbons (Fsp3) is 1.00. The van der Waals surface area contributed by atoms with E-state index >= 15 is 0 Å². The van der Waals surface area contributed by atoms with Crippen LogP contribution in [0.2, 0.25) is 0 Å². The lowest BCUT2D eigenvalue weighted by molar-refractivity contribution is 0.171. The zero-order valence-electron chi connectivity index (χ0n) is 10.8. The van der Waals surface area contributed by atoms with Crippen molar-refractivity contribution in [1.82, 2.24) is 5.32 Å². The molecule has 0 heterocycles. The van der Waals surface area contributed by atoms with Crippen LogP contribution in [0.25, 0.3) is 0 Å². The van der Waals surface area contributed by atoms with Crippen molar-refractivity contribution in [1.29, 1.82) is 0 Å². The molecule has 0 amide bonds. The van der Waals surface area contributed by atoms with E-state index in [4.69, 9.17) is 0 Å². The molecule has 2 aliphatic carbocycles. The van der Waals surface area contributed by atoms with Gasteiger partial charge in [0.25, 0.3) is 0 Å². The van der Waals surface area contributed by atoms with E-state index in [1.807, 2.05) is 0 Å². The highest BCUT2D eigenvalue weighted by molar-refractivity contribution is 4.96. The third-order valence-electron chi connectivity index (χ3n) is 4.80. The van der Waals surface area contributed by atoms with Gasteiger partial charge in [-0.1, -0.05) is 20.3 Å². The van der Waals surface area contributed by atoms with Gasteiger partial charge in [0.15, 0.2) is 0 Å². The summed E-state index contributed by atoms with van der Waals surface area (Å²) in [5.41, 5.74) is 0.265. The maximum atomic E-state index is 9.31. The Kier molecular flexibility index (Phi) is 3.91. The van der Waals surface area contributed by atoms with E-state index in [0.717, 1.165) is 18.4 Å². The predicted molar refractivity (Wildman–Crippen MR) is 67.3 cm³/mol. The lowest BCUT2D eigenvalue weighted by atomic mass is 9.77. The smallest absolute Gasteiger partial charge is 0.0499 e. The second-order valence-corrected chi connectivity index (χ2v) is 6.23. The molecule has 3 unspecified atom stereocenters. The maximum Gasteiger partial charge on any atom is 0.0499 e. The second kappa shape index (κ2) is 5.05. The van der Waals surface area contributed by atoms with Crippen LogP contribution >= 0.6 is 0 Å². The minimum atomic E-state index is 0.265. The number of nitrogens with one attached hydrogen (secondary N) is 1. The van der Waals surface area contributed by atoms with Gasteiger partial charge in [0.2, 0.25) is 0 Å². The van der Waals surface area contributed by atoms with Gasteiger partial charge >= 0.3 is 0 Å². The number of hydrogen-bond acceptors (Lipinski definition) is 2. The molecule has 2 N–H and O–H groups in total. The first-order valence-corrected chi connectivity index (χ1v) is 7.03. The molecule has 2 rings (SSSR count). The van der Waals surface area contributed by atoms with E-state index in [1.165, 1.54) is 38.5 Å². The molecule has 2 heteroatoms. The summed E-state index contributed by atoms with van der Waals surface area (Å²) in [7, 11) is 0. The van der Waals surface area contributed by atoms with Gasteiger partial charge in [-0.25, -0.2) is 0 Å². The average Bonchev–Trinajstić information content (AvgIpc) is 3.08. The fourth-order valence-corrected chi connectivity index (χ4v) is 3.13. The van der Waals surface area contributed by atoms with Crippen LogP contribution in [0, 0.1) is 17.3 Å². The lowest BCUT2D eigenvalue weighted by Crippen LogP contribution is -2.43. The van der Waals surface area contributed by atoms with Crippen molar-refractivity contribution in [2.45, 2.75) is 58.4 Å². The zero-order valence-corrected chi connectivity index (χ0v) is 10.8. The van der Waals surface area contributed by atoms with E-state index in [1.54, 1.807) is 0 Å². The Morgan fingerprint density at radius 2 is 2.06 bits per heavy atom. The van der Waals surface area contributed by atoms with Crippen LogP contribution < -0.4 is 5.32 Å². The Morgan fingerprint density at radius 3 is 2.62 bits per heavy atom. The molecule has 0 spiro atoms. The van der Waals surface area contributed by atoms with E-state index in [2.05, 4.69) is 19.2 Å². The zero-order chi connectivity index (χ0) is 11.6. The SMILES string of the molecule is CCC1CC(C)CCC1NCC1(CO)CC1. The van der Waals surface area contributed by atoms with Gasteiger partial charge in [0.1, 0.15) is 0 Å². The third-order valence-corrected chi connectivity index (χ3v) is 4.80. The van der Waals surface area contributed by atoms with E-state index in [0.29, 0.717) is 12.6 Å². The lowest BCUT2D eigenvalue weighted by Gasteiger charge is -2.36. The third kappa shape index (κ3) is 2.78. The average molecular weight is 225 g/mol. The summed E-state index contributed by atoms with van der Waals surface area (Å²) in [4.78, 5) is 0. The van der Waals surface area contributed by atoms with Crippen LogP contribution in [0.4, 0.5) is 0 Å². The first kappa shape index (κ1) is 12.4. The normalized spacial score (nSPS) is 37.3. The quantitative estimate of drug-likeness (QED) is 0.753. The number of hydrogen-bond donors (Lipinski definition) is 2. The van der Waals surface area contributed by atoms with Gasteiger partial charge in [-0.3, -0.25) is 0 Å². The van der Waals surface area contributed by atoms with E-state index < -0.39 is 0 Å². The van der Waals surface area contributed by atoms with Gasteiger partial charge in [-0.15, -0.1) is 0 Å². The summed E-state index contributed by atoms with van der Waals surface area (Å²) >= 11 is 0. The molecule has 2 nitrogen and oxygen atoms in total. The molecule has 0 radical (unpaired) electrons. The molecule has 0 aromatic heterocycles. The summed E-state index contributed by atoms with van der Waals surface area (Å²) in [5, 5.41) is 13.0. The van der Waals surface area contributed by atoms with Gasteiger partial charge in [-0.2, -0.15) is 0 Å². The largest absolute Gasteiger partial charge is 0.396 e. The van der Waals surface area contributed by atoms with Crippen molar-refractivity contribution in [3.8, 4) is 0 Å². The molecule has 2 saturated carbocycles. The number of aliphatic hydroxyl groups is 1. The molecular formula is C14H27NO. The first-order chi connectivity index (χ1) is 7.69. The monoisotopic (exact) mass is 225 g/mol. The van der Waals surface area contributed by atoms with Crippen molar-refractivity contribution in [2.24, 2.45) is 17.3 Å². The molecule has 2 aliphatic rings. The van der Waals surface area contributed by atoms with Crippen LogP contribution in [-0.4, -0.2) is 24.3 Å². The minimum absolute atomic E-state index is 0.265. The standard InChI is InChI=1S/C14H27NO/c1-3-12-8-11(2)4-5-13(12)15-9-14(10-16)6-7-14/h11-13,15-16H,3-10H2,1-2H3. The maximum absolute atomic E-state index is 9.31. The molecule has 16 heavy (non-hydrogen) atoms. The summed E-state index contributed by atoms with van der Waals surface area (Å²) in [6.45, 7) is 6.12. The van der Waals surface area contributed by atoms with Crippen LogP contribution in [0.3, 0.4) is 0 Å². The highest BCUT2D eigenvalue weighted by Gasteiger charge is 2.42. The Morgan fingerprint density at radius 1 is 1.31 bits per heavy atom. The Hall–Kier alpha value is -0.0800. The summed E-state index contributed by atoms with van der Waals surface area (Å²) < 4.78 is 0. The molecule has 3 atom stereocenters. The molecule has 94 valence electrons. The van der Waals surface area contributed by atoms with Crippen LogP contribution in [0.1, 0.15) is 52.4 Å². The molecule has 0 aromatic carbocycles. The Bertz CT molecular complexity index is 225. The van der Waals surface area contributed by atoms with Crippen molar-refractivity contribution in [3.63, 3.8) is 0 Å². The molecule has 0 aliphatic heterocycles. The molecule has 0 aromatic rings. The molecule has 0 bridgehead atoms. The topological polar surface area (TPSA) is 32.3 Å². The van der Waals surface area contributed by atoms with E-state index in [9.17, 15) is 5.11 Å². The van der Waals surface area contributed by atoms with Gasteiger partial charge in [0.05, 0.1) is 0 Å². The van der Waals surface area contributed by atoms with Crippen LogP contribution in [0.15, 0.2) is 0 Å². The van der Waals surface area contributed by atoms with Crippen molar-refractivity contribution < 1.29 is 5.11 Å². The number of rotatable bonds is 5. The van der Waals surface area contributed by atoms with Crippen LogP contribution in [-0.2, 0) is 0 Å². The van der Waals surface area contributed by atoms with Crippen LogP contribution in [0.5, 0.6) is 0 Å². The van der Waals surface area contributed by atoms with Crippen molar-refractivity contribution in [2.75, 3.05) is 13.2 Å². The van der Waals surface area contributed by atoms with Crippen molar-refractivity contribution in [3.05, 3.63) is 0 Å². The molecule has 0 saturated heterocycles.